The topological polar surface area (TPSA) is 65.0 Å². The number of aliphatic imine (C=N–C) groups is 1. The minimum Gasteiger partial charge on any atom is -0.353 e. The van der Waals surface area contributed by atoms with E-state index in [0.717, 1.165) is 27.8 Å². The number of aryl methyl sites for hydroxylation is 2. The quantitative estimate of drug-likeness (QED) is 0.562. The van der Waals surface area contributed by atoms with Gasteiger partial charge in [-0.05, 0) is 37.1 Å². The van der Waals surface area contributed by atoms with E-state index in [1.165, 1.54) is 0 Å². The number of amidine groups is 1. The van der Waals surface area contributed by atoms with Crippen LogP contribution in [0.5, 0.6) is 0 Å². The summed E-state index contributed by atoms with van der Waals surface area (Å²) in [5.41, 5.74) is 5.05. The van der Waals surface area contributed by atoms with E-state index in [2.05, 4.69) is 11.4 Å². The lowest BCUT2D eigenvalue weighted by Gasteiger charge is -2.35. The van der Waals surface area contributed by atoms with Gasteiger partial charge >= 0.3 is 6.03 Å². The standard InChI is InChI=1S/C28H27ClN4O2/c1-18-6-8-21(9-7-18)27-31-25(20-10-12-23(29)13-11-20)26(22-5-3-4-19(2)16-22)33(27)28(35)32-15-14-30-24(34)17-32/h3-13,16,25-26H,14-15,17H2,1-2H3,(H,30,34). The Labute approximate surface area is 210 Å². The van der Waals surface area contributed by atoms with Gasteiger partial charge in [0.2, 0.25) is 5.91 Å². The summed E-state index contributed by atoms with van der Waals surface area (Å²) in [7, 11) is 0. The van der Waals surface area contributed by atoms with Crippen molar-refractivity contribution in [3.8, 4) is 0 Å². The van der Waals surface area contributed by atoms with Crippen LogP contribution in [0.2, 0.25) is 5.02 Å². The number of rotatable bonds is 3. The Hall–Kier alpha value is -3.64. The first kappa shape index (κ1) is 23.1. The number of benzene rings is 3. The minimum absolute atomic E-state index is 0.0304. The predicted molar refractivity (Wildman–Crippen MR) is 138 cm³/mol. The number of hydrogen-bond acceptors (Lipinski definition) is 3. The molecule has 3 amide bonds. The van der Waals surface area contributed by atoms with E-state index in [-0.39, 0.29) is 30.6 Å². The largest absolute Gasteiger partial charge is 0.353 e. The third-order valence-corrected chi connectivity index (χ3v) is 6.74. The molecule has 35 heavy (non-hydrogen) atoms. The van der Waals surface area contributed by atoms with E-state index in [0.29, 0.717) is 23.9 Å². The van der Waals surface area contributed by atoms with Crippen LogP contribution in [0.4, 0.5) is 4.79 Å². The van der Waals surface area contributed by atoms with Crippen LogP contribution >= 0.6 is 11.6 Å². The molecule has 2 aliphatic rings. The number of carbonyl (C=O) groups excluding carboxylic acids is 2. The monoisotopic (exact) mass is 486 g/mol. The molecule has 5 rings (SSSR count). The van der Waals surface area contributed by atoms with Gasteiger partial charge in [-0.1, -0.05) is 83.4 Å². The van der Waals surface area contributed by atoms with Crippen LogP contribution in [0.15, 0.2) is 77.8 Å². The maximum atomic E-state index is 14.1. The lowest BCUT2D eigenvalue weighted by molar-refractivity contribution is -0.123. The van der Waals surface area contributed by atoms with E-state index >= 15 is 0 Å². The van der Waals surface area contributed by atoms with Crippen LogP contribution in [0.1, 0.15) is 39.9 Å². The zero-order valence-electron chi connectivity index (χ0n) is 19.7. The van der Waals surface area contributed by atoms with Gasteiger partial charge in [0.15, 0.2) is 0 Å². The van der Waals surface area contributed by atoms with Gasteiger partial charge in [-0.2, -0.15) is 0 Å². The fraction of sp³-hybridized carbons (Fsp3) is 0.250. The lowest BCUT2D eigenvalue weighted by atomic mass is 9.93. The smallest absolute Gasteiger partial charge is 0.326 e. The van der Waals surface area contributed by atoms with Gasteiger partial charge in [-0.25, -0.2) is 4.79 Å². The van der Waals surface area contributed by atoms with Gasteiger partial charge < -0.3 is 10.2 Å². The van der Waals surface area contributed by atoms with Crippen LogP contribution in [-0.2, 0) is 4.79 Å². The number of halogens is 1. The Bertz CT molecular complexity index is 1290. The summed E-state index contributed by atoms with van der Waals surface area (Å²) in [5, 5.41) is 3.45. The molecule has 1 saturated heterocycles. The fourth-order valence-corrected chi connectivity index (χ4v) is 4.85. The van der Waals surface area contributed by atoms with E-state index in [1.54, 1.807) is 9.80 Å². The molecule has 0 radical (unpaired) electrons. The molecule has 1 N–H and O–H groups in total. The van der Waals surface area contributed by atoms with E-state index < -0.39 is 0 Å². The zero-order chi connectivity index (χ0) is 24.5. The first-order valence-electron chi connectivity index (χ1n) is 11.7. The van der Waals surface area contributed by atoms with Crippen molar-refractivity contribution in [3.63, 3.8) is 0 Å². The van der Waals surface area contributed by atoms with Crippen LogP contribution < -0.4 is 5.32 Å². The molecule has 2 aliphatic heterocycles. The number of nitrogens with one attached hydrogen (secondary N) is 1. The van der Waals surface area contributed by atoms with Crippen molar-refractivity contribution in [2.24, 2.45) is 4.99 Å². The predicted octanol–water partition coefficient (Wildman–Crippen LogP) is 5.05. The second-order valence-corrected chi connectivity index (χ2v) is 9.53. The summed E-state index contributed by atoms with van der Waals surface area (Å²) in [6.07, 6.45) is 0. The average Bonchev–Trinajstić information content (AvgIpc) is 3.25. The number of nitrogens with zero attached hydrogens (tertiary/aromatic N) is 3. The third kappa shape index (κ3) is 4.66. The maximum absolute atomic E-state index is 14.1. The lowest BCUT2D eigenvalue weighted by Crippen LogP contribution is -2.55. The Balaban J connectivity index is 1.66. The zero-order valence-corrected chi connectivity index (χ0v) is 20.5. The third-order valence-electron chi connectivity index (χ3n) is 6.49. The number of hydrogen-bond donors (Lipinski definition) is 1. The van der Waals surface area contributed by atoms with E-state index in [1.807, 2.05) is 80.6 Å². The highest BCUT2D eigenvalue weighted by Crippen LogP contribution is 2.44. The molecule has 1 fully saturated rings. The van der Waals surface area contributed by atoms with Gasteiger partial charge in [0, 0.05) is 23.7 Å². The number of carbonyl (C=O) groups is 2. The second kappa shape index (κ2) is 9.55. The summed E-state index contributed by atoms with van der Waals surface area (Å²) < 4.78 is 0. The molecule has 0 saturated carbocycles. The second-order valence-electron chi connectivity index (χ2n) is 9.10. The molecule has 2 atom stereocenters. The van der Waals surface area contributed by atoms with Gasteiger partial charge in [0.05, 0.1) is 6.04 Å². The van der Waals surface area contributed by atoms with Crippen molar-refractivity contribution in [2.75, 3.05) is 19.6 Å². The van der Waals surface area contributed by atoms with Crippen molar-refractivity contribution in [1.29, 1.82) is 0 Å². The van der Waals surface area contributed by atoms with Crippen LogP contribution in [0.25, 0.3) is 0 Å². The van der Waals surface area contributed by atoms with Crippen molar-refractivity contribution in [1.82, 2.24) is 15.1 Å². The van der Waals surface area contributed by atoms with Crippen LogP contribution in [0, 0.1) is 13.8 Å². The molecular weight excluding hydrogens is 460 g/mol. The maximum Gasteiger partial charge on any atom is 0.326 e. The molecule has 7 heteroatoms. The fourth-order valence-electron chi connectivity index (χ4n) is 4.72. The Morgan fingerprint density at radius 3 is 2.40 bits per heavy atom. The van der Waals surface area contributed by atoms with E-state index in [4.69, 9.17) is 16.6 Å². The van der Waals surface area contributed by atoms with Gasteiger partial charge in [-0.15, -0.1) is 0 Å². The minimum atomic E-state index is -0.370. The van der Waals surface area contributed by atoms with E-state index in [9.17, 15) is 9.59 Å². The molecular formula is C28H27ClN4O2. The highest BCUT2D eigenvalue weighted by Gasteiger charge is 2.44. The summed E-state index contributed by atoms with van der Waals surface area (Å²) in [5.74, 6) is 0.450. The van der Waals surface area contributed by atoms with Gasteiger partial charge in [0.1, 0.15) is 18.4 Å². The van der Waals surface area contributed by atoms with Crippen LogP contribution in [0.3, 0.4) is 0 Å². The highest BCUT2D eigenvalue weighted by molar-refractivity contribution is 6.30. The van der Waals surface area contributed by atoms with Crippen molar-refractivity contribution >= 4 is 29.4 Å². The summed E-state index contributed by atoms with van der Waals surface area (Å²) in [6.45, 7) is 4.99. The highest BCUT2D eigenvalue weighted by atomic mass is 35.5. The number of urea groups is 1. The Morgan fingerprint density at radius 2 is 1.71 bits per heavy atom. The van der Waals surface area contributed by atoms with Crippen molar-refractivity contribution < 1.29 is 9.59 Å². The number of piperazine rings is 1. The molecule has 0 bridgehead atoms. The SMILES string of the molecule is Cc1ccc(C2=NC(c3ccc(Cl)cc3)C(c3cccc(C)c3)N2C(=O)N2CCNC(=O)C2)cc1. The molecule has 2 unspecified atom stereocenters. The Morgan fingerprint density at radius 1 is 0.971 bits per heavy atom. The molecule has 2 heterocycles. The summed E-state index contributed by atoms with van der Waals surface area (Å²) >= 11 is 6.18. The molecule has 3 aromatic rings. The molecule has 178 valence electrons. The van der Waals surface area contributed by atoms with Gasteiger partial charge in [0.25, 0.3) is 0 Å². The normalized spacial score (nSPS) is 20.0. The Kier molecular flexibility index (Phi) is 6.31. The first-order chi connectivity index (χ1) is 16.9. The first-order valence-corrected chi connectivity index (χ1v) is 12.1. The molecule has 3 aromatic carbocycles. The van der Waals surface area contributed by atoms with Crippen molar-refractivity contribution in [2.45, 2.75) is 25.9 Å². The summed E-state index contributed by atoms with van der Waals surface area (Å²) in [4.78, 5) is 34.7. The number of amides is 3. The summed E-state index contributed by atoms with van der Waals surface area (Å²) in [6, 6.07) is 22.9. The average molecular weight is 487 g/mol. The van der Waals surface area contributed by atoms with Gasteiger partial charge in [-0.3, -0.25) is 14.7 Å². The molecule has 0 aliphatic carbocycles. The molecule has 0 aromatic heterocycles. The van der Waals surface area contributed by atoms with Crippen LogP contribution in [-0.4, -0.2) is 47.2 Å². The molecule has 0 spiro atoms. The molecule has 6 nitrogen and oxygen atoms in total. The van der Waals surface area contributed by atoms with Crippen molar-refractivity contribution in [3.05, 3.63) is 106 Å².